The second-order valence-corrected chi connectivity index (χ2v) is 4.28. The minimum Gasteiger partial charge on any atom is -0.507 e. The van der Waals surface area contributed by atoms with Gasteiger partial charge in [0.1, 0.15) is 11.5 Å². The molecule has 0 aromatic heterocycles. The van der Waals surface area contributed by atoms with Gasteiger partial charge in [-0.05, 0) is 35.9 Å². The molecule has 21 heavy (non-hydrogen) atoms. The maximum absolute atomic E-state index is 12.0. The third-order valence-electron chi connectivity index (χ3n) is 2.92. The molecule has 5 heteroatoms. The SMILES string of the molecule is COc1ccc(C(=O)/C=C/c2ccc(N=N)cc2)c(O)c1. The highest BCUT2D eigenvalue weighted by atomic mass is 16.5. The van der Waals surface area contributed by atoms with Crippen LogP contribution < -0.4 is 4.74 Å². The summed E-state index contributed by atoms with van der Waals surface area (Å²) in [5.41, 5.74) is 8.44. The van der Waals surface area contributed by atoms with E-state index in [9.17, 15) is 9.90 Å². The number of rotatable bonds is 5. The first-order valence-electron chi connectivity index (χ1n) is 6.21. The molecule has 0 spiro atoms. The second kappa shape index (κ2) is 6.47. The van der Waals surface area contributed by atoms with Crippen molar-refractivity contribution in [3.63, 3.8) is 0 Å². The number of hydrogen-bond donors (Lipinski definition) is 2. The number of carbonyl (C=O) groups is 1. The molecule has 106 valence electrons. The highest BCUT2D eigenvalue weighted by molar-refractivity contribution is 6.08. The van der Waals surface area contributed by atoms with Gasteiger partial charge < -0.3 is 9.84 Å². The summed E-state index contributed by atoms with van der Waals surface area (Å²) in [6.45, 7) is 0. The molecule has 0 bridgehead atoms. The summed E-state index contributed by atoms with van der Waals surface area (Å²) >= 11 is 0. The predicted molar refractivity (Wildman–Crippen MR) is 79.3 cm³/mol. The van der Waals surface area contributed by atoms with Crippen molar-refractivity contribution >= 4 is 17.5 Å². The number of benzene rings is 2. The Balaban J connectivity index is 2.16. The molecule has 2 aromatic carbocycles. The minimum atomic E-state index is -0.301. The van der Waals surface area contributed by atoms with Gasteiger partial charge in [-0.1, -0.05) is 18.2 Å². The van der Waals surface area contributed by atoms with Crippen LogP contribution in [0.1, 0.15) is 15.9 Å². The van der Waals surface area contributed by atoms with E-state index in [0.717, 1.165) is 5.56 Å². The van der Waals surface area contributed by atoms with Gasteiger partial charge in [0.05, 0.1) is 18.4 Å². The van der Waals surface area contributed by atoms with Crippen molar-refractivity contribution in [1.29, 1.82) is 5.53 Å². The number of hydrogen-bond acceptors (Lipinski definition) is 5. The lowest BCUT2D eigenvalue weighted by atomic mass is 10.1. The highest BCUT2D eigenvalue weighted by Gasteiger charge is 2.09. The topological polar surface area (TPSA) is 82.7 Å². The number of nitrogens with one attached hydrogen (secondary N) is 1. The Labute approximate surface area is 122 Å². The number of ether oxygens (including phenoxy) is 1. The van der Waals surface area contributed by atoms with Gasteiger partial charge in [0.2, 0.25) is 0 Å². The van der Waals surface area contributed by atoms with Crippen molar-refractivity contribution in [3.05, 3.63) is 59.7 Å². The molecule has 0 amide bonds. The molecule has 0 saturated heterocycles. The van der Waals surface area contributed by atoms with Crippen LogP contribution in [0.4, 0.5) is 5.69 Å². The first-order valence-corrected chi connectivity index (χ1v) is 6.21. The minimum absolute atomic E-state index is 0.118. The zero-order chi connectivity index (χ0) is 15.2. The Hall–Kier alpha value is -2.95. The summed E-state index contributed by atoms with van der Waals surface area (Å²) in [5.74, 6) is 0.0690. The van der Waals surface area contributed by atoms with Crippen molar-refractivity contribution in [3.8, 4) is 11.5 Å². The average molecular weight is 282 g/mol. The Bertz CT molecular complexity index is 691. The number of nitrogens with zero attached hydrogens (tertiary/aromatic N) is 1. The van der Waals surface area contributed by atoms with Gasteiger partial charge >= 0.3 is 0 Å². The molecule has 0 saturated carbocycles. The molecule has 2 N–H and O–H groups in total. The number of aromatic hydroxyl groups is 1. The first-order chi connectivity index (χ1) is 10.1. The summed E-state index contributed by atoms with van der Waals surface area (Å²) in [4.78, 5) is 12.0. The monoisotopic (exact) mass is 282 g/mol. The van der Waals surface area contributed by atoms with Crippen LogP contribution in [0.3, 0.4) is 0 Å². The van der Waals surface area contributed by atoms with Gasteiger partial charge in [0, 0.05) is 6.07 Å². The predicted octanol–water partition coefficient (Wildman–Crippen LogP) is 3.96. The maximum Gasteiger partial charge on any atom is 0.189 e. The van der Waals surface area contributed by atoms with Crippen molar-refractivity contribution in [2.75, 3.05) is 7.11 Å². The normalized spacial score (nSPS) is 10.5. The van der Waals surface area contributed by atoms with Gasteiger partial charge in [-0.2, -0.15) is 5.11 Å². The zero-order valence-electron chi connectivity index (χ0n) is 11.4. The number of phenols is 1. The van der Waals surface area contributed by atoms with Crippen LogP contribution in [0.5, 0.6) is 11.5 Å². The summed E-state index contributed by atoms with van der Waals surface area (Å²) in [5, 5.41) is 13.1. The molecular formula is C16H14N2O3. The lowest BCUT2D eigenvalue weighted by Crippen LogP contribution is -1.95. The Morgan fingerprint density at radius 3 is 2.52 bits per heavy atom. The summed E-state index contributed by atoms with van der Waals surface area (Å²) in [6.07, 6.45) is 3.02. The van der Waals surface area contributed by atoms with Crippen LogP contribution in [0.15, 0.2) is 53.7 Å². The second-order valence-electron chi connectivity index (χ2n) is 4.28. The zero-order valence-corrected chi connectivity index (χ0v) is 11.4. The van der Waals surface area contributed by atoms with Crippen LogP contribution in [-0.2, 0) is 0 Å². The number of methoxy groups -OCH3 is 1. The molecule has 2 rings (SSSR count). The van der Waals surface area contributed by atoms with Gasteiger partial charge in [-0.25, -0.2) is 5.53 Å². The molecule has 0 atom stereocenters. The fraction of sp³-hybridized carbons (Fsp3) is 0.0625. The van der Waals surface area contributed by atoms with Crippen LogP contribution in [-0.4, -0.2) is 18.0 Å². The molecule has 0 aliphatic carbocycles. The third-order valence-corrected chi connectivity index (χ3v) is 2.92. The lowest BCUT2D eigenvalue weighted by molar-refractivity contribution is 0.104. The van der Waals surface area contributed by atoms with Gasteiger partial charge in [-0.15, -0.1) is 0 Å². The van der Waals surface area contributed by atoms with Crippen molar-refractivity contribution < 1.29 is 14.6 Å². The fourth-order valence-electron chi connectivity index (χ4n) is 1.77. The Kier molecular flexibility index (Phi) is 4.46. The van der Waals surface area contributed by atoms with E-state index in [1.54, 1.807) is 36.4 Å². The molecule has 0 unspecified atom stereocenters. The summed E-state index contributed by atoms with van der Waals surface area (Å²) in [6, 6.07) is 11.4. The van der Waals surface area contributed by atoms with E-state index in [-0.39, 0.29) is 17.1 Å². The molecule has 5 nitrogen and oxygen atoms in total. The lowest BCUT2D eigenvalue weighted by Gasteiger charge is -2.03. The highest BCUT2D eigenvalue weighted by Crippen LogP contribution is 2.24. The smallest absolute Gasteiger partial charge is 0.189 e. The van der Waals surface area contributed by atoms with Crippen molar-refractivity contribution in [2.45, 2.75) is 0 Å². The molecule has 2 aromatic rings. The maximum atomic E-state index is 12.0. The number of allylic oxidation sites excluding steroid dienone is 1. The van der Waals surface area contributed by atoms with E-state index >= 15 is 0 Å². The van der Waals surface area contributed by atoms with Gasteiger partial charge in [-0.3, -0.25) is 4.79 Å². The van der Waals surface area contributed by atoms with Crippen LogP contribution in [0, 0.1) is 5.53 Å². The van der Waals surface area contributed by atoms with E-state index in [4.69, 9.17) is 10.3 Å². The quantitative estimate of drug-likeness (QED) is 0.494. The number of ketones is 1. The number of carbonyl (C=O) groups excluding carboxylic acids is 1. The molecule has 0 aliphatic rings. The van der Waals surface area contributed by atoms with E-state index in [0.29, 0.717) is 11.4 Å². The third kappa shape index (κ3) is 3.54. The van der Waals surface area contributed by atoms with Crippen molar-refractivity contribution in [2.24, 2.45) is 5.11 Å². The van der Waals surface area contributed by atoms with Crippen LogP contribution >= 0.6 is 0 Å². The van der Waals surface area contributed by atoms with E-state index in [1.165, 1.54) is 25.3 Å². The van der Waals surface area contributed by atoms with Gasteiger partial charge in [0.15, 0.2) is 5.78 Å². The van der Waals surface area contributed by atoms with E-state index in [1.807, 2.05) is 0 Å². The molecule has 0 radical (unpaired) electrons. The molecule has 0 aliphatic heterocycles. The summed E-state index contributed by atoms with van der Waals surface area (Å²) < 4.78 is 4.97. The summed E-state index contributed by atoms with van der Waals surface area (Å²) in [7, 11) is 1.49. The van der Waals surface area contributed by atoms with E-state index < -0.39 is 0 Å². The molecule has 0 fully saturated rings. The van der Waals surface area contributed by atoms with Gasteiger partial charge in [0.25, 0.3) is 0 Å². The molecule has 0 heterocycles. The standard InChI is InChI=1S/C16H14N2O3/c1-21-13-7-8-14(16(20)10-13)15(19)9-4-11-2-5-12(18-17)6-3-11/h2-10,17,20H,1H3/b9-4+,18-17?. The van der Waals surface area contributed by atoms with Crippen molar-refractivity contribution in [1.82, 2.24) is 0 Å². The fourth-order valence-corrected chi connectivity index (χ4v) is 1.77. The average Bonchev–Trinajstić information content (AvgIpc) is 2.52. The first kappa shape index (κ1) is 14.5. The largest absolute Gasteiger partial charge is 0.507 e. The Morgan fingerprint density at radius 2 is 1.95 bits per heavy atom. The van der Waals surface area contributed by atoms with E-state index in [2.05, 4.69) is 5.11 Å². The number of phenolic OH excluding ortho intramolecular Hbond substituents is 1. The Morgan fingerprint density at radius 1 is 1.24 bits per heavy atom. The van der Waals surface area contributed by atoms with Crippen LogP contribution in [0.2, 0.25) is 0 Å². The van der Waals surface area contributed by atoms with Crippen LogP contribution in [0.25, 0.3) is 6.08 Å². The molecular weight excluding hydrogens is 268 g/mol.